The molecule has 4 nitrogen and oxygen atoms in total. The number of aromatic nitrogens is 2. The first kappa shape index (κ1) is 15.1. The number of halogens is 1. The van der Waals surface area contributed by atoms with E-state index in [-0.39, 0.29) is 23.6 Å². The van der Waals surface area contributed by atoms with Crippen LogP contribution in [0.1, 0.15) is 35.2 Å². The standard InChI is InChI=1S/C18H16FN3O/c1-11(14-10-22-18-12(14)6-4-8-21-18)9-16(20)17(23)13-5-2-3-7-15(13)19/h2-8,10-11,20H,9H2,1H3,(H,21,22). The van der Waals surface area contributed by atoms with Crippen molar-refractivity contribution >= 4 is 22.5 Å². The molecule has 2 aromatic heterocycles. The summed E-state index contributed by atoms with van der Waals surface area (Å²) in [4.78, 5) is 19.6. The average Bonchev–Trinajstić information content (AvgIpc) is 2.98. The van der Waals surface area contributed by atoms with Crippen molar-refractivity contribution in [2.75, 3.05) is 0 Å². The molecule has 1 atom stereocenters. The molecule has 0 amide bonds. The zero-order chi connectivity index (χ0) is 16.4. The topological polar surface area (TPSA) is 69.6 Å². The van der Waals surface area contributed by atoms with E-state index in [1.165, 1.54) is 18.2 Å². The zero-order valence-corrected chi connectivity index (χ0v) is 12.6. The molecular formula is C18H16FN3O. The van der Waals surface area contributed by atoms with Crippen molar-refractivity contribution in [3.05, 3.63) is 65.7 Å². The van der Waals surface area contributed by atoms with E-state index in [0.717, 1.165) is 16.6 Å². The Morgan fingerprint density at radius 2 is 2.09 bits per heavy atom. The number of rotatable bonds is 5. The van der Waals surface area contributed by atoms with Gasteiger partial charge in [0.05, 0.1) is 11.3 Å². The third kappa shape index (κ3) is 2.90. The predicted molar refractivity (Wildman–Crippen MR) is 87.6 cm³/mol. The molecular weight excluding hydrogens is 293 g/mol. The molecule has 0 radical (unpaired) electrons. The molecule has 5 heteroatoms. The lowest BCUT2D eigenvalue weighted by atomic mass is 9.92. The minimum atomic E-state index is -0.591. The summed E-state index contributed by atoms with van der Waals surface area (Å²) in [5.74, 6) is -1.20. The van der Waals surface area contributed by atoms with Gasteiger partial charge in [-0.1, -0.05) is 19.1 Å². The van der Waals surface area contributed by atoms with E-state index in [0.29, 0.717) is 0 Å². The molecule has 23 heavy (non-hydrogen) atoms. The molecule has 0 saturated heterocycles. The average molecular weight is 309 g/mol. The van der Waals surface area contributed by atoms with Crippen LogP contribution in [-0.2, 0) is 0 Å². The summed E-state index contributed by atoms with van der Waals surface area (Å²) in [6.45, 7) is 1.94. The second-order valence-electron chi connectivity index (χ2n) is 5.54. The van der Waals surface area contributed by atoms with Gasteiger partial charge in [-0.3, -0.25) is 4.79 Å². The van der Waals surface area contributed by atoms with Gasteiger partial charge < -0.3 is 10.4 Å². The predicted octanol–water partition coefficient (Wildman–Crippen LogP) is 4.10. The normalized spacial score (nSPS) is 12.3. The van der Waals surface area contributed by atoms with Crippen LogP contribution in [-0.4, -0.2) is 21.5 Å². The molecule has 116 valence electrons. The van der Waals surface area contributed by atoms with E-state index in [2.05, 4.69) is 9.97 Å². The lowest BCUT2D eigenvalue weighted by molar-refractivity contribution is 0.105. The van der Waals surface area contributed by atoms with E-state index < -0.39 is 11.6 Å². The SMILES string of the molecule is CC(CC(=N)C(=O)c1ccccc1F)c1c[nH]c2ncccc12. The van der Waals surface area contributed by atoms with Crippen molar-refractivity contribution in [1.29, 1.82) is 5.41 Å². The number of nitrogens with one attached hydrogen (secondary N) is 2. The molecule has 2 heterocycles. The van der Waals surface area contributed by atoms with Gasteiger partial charge in [-0.2, -0.15) is 0 Å². The van der Waals surface area contributed by atoms with Crippen LogP contribution in [0.2, 0.25) is 0 Å². The molecule has 2 N–H and O–H groups in total. The summed E-state index contributed by atoms with van der Waals surface area (Å²) >= 11 is 0. The minimum Gasteiger partial charge on any atom is -0.346 e. The lowest BCUT2D eigenvalue weighted by Crippen LogP contribution is -2.17. The maximum absolute atomic E-state index is 13.7. The highest BCUT2D eigenvalue weighted by Gasteiger charge is 2.20. The Morgan fingerprint density at radius 1 is 1.30 bits per heavy atom. The molecule has 0 saturated carbocycles. The number of aromatic amines is 1. The number of nitrogens with zero attached hydrogens (tertiary/aromatic N) is 1. The molecule has 0 bridgehead atoms. The summed E-state index contributed by atoms with van der Waals surface area (Å²) in [6, 6.07) is 9.56. The first-order valence-corrected chi connectivity index (χ1v) is 7.36. The fourth-order valence-corrected chi connectivity index (χ4v) is 2.70. The lowest BCUT2D eigenvalue weighted by Gasteiger charge is -2.11. The van der Waals surface area contributed by atoms with Gasteiger partial charge in [0.2, 0.25) is 5.78 Å². The van der Waals surface area contributed by atoms with Gasteiger partial charge in [0.1, 0.15) is 11.5 Å². The molecule has 0 spiro atoms. The van der Waals surface area contributed by atoms with Crippen LogP contribution in [0, 0.1) is 11.2 Å². The molecule has 0 aliphatic heterocycles. The Morgan fingerprint density at radius 3 is 2.87 bits per heavy atom. The Bertz CT molecular complexity index is 885. The first-order chi connectivity index (χ1) is 11.1. The van der Waals surface area contributed by atoms with Crippen LogP contribution >= 0.6 is 0 Å². The number of hydrogen-bond donors (Lipinski definition) is 2. The van der Waals surface area contributed by atoms with Crippen molar-refractivity contribution in [3.8, 4) is 0 Å². The maximum Gasteiger partial charge on any atom is 0.209 e. The first-order valence-electron chi connectivity index (χ1n) is 7.36. The Balaban J connectivity index is 1.80. The number of fused-ring (bicyclic) bond motifs is 1. The second kappa shape index (κ2) is 6.12. The molecule has 3 aromatic rings. The third-order valence-electron chi connectivity index (χ3n) is 3.92. The second-order valence-corrected chi connectivity index (χ2v) is 5.54. The summed E-state index contributed by atoms with van der Waals surface area (Å²) in [6.07, 6.45) is 3.80. The quantitative estimate of drug-likeness (QED) is 0.550. The van der Waals surface area contributed by atoms with E-state index >= 15 is 0 Å². The van der Waals surface area contributed by atoms with Crippen LogP contribution in [0.3, 0.4) is 0 Å². The number of carbonyl (C=O) groups excluding carboxylic acids is 1. The summed E-state index contributed by atoms with van der Waals surface area (Å²) in [5.41, 5.74) is 1.63. The van der Waals surface area contributed by atoms with Gasteiger partial charge in [-0.15, -0.1) is 0 Å². The number of benzene rings is 1. The number of carbonyl (C=O) groups is 1. The Hall–Kier alpha value is -2.82. The van der Waals surface area contributed by atoms with Gasteiger partial charge in [-0.25, -0.2) is 9.37 Å². The largest absolute Gasteiger partial charge is 0.346 e. The zero-order valence-electron chi connectivity index (χ0n) is 12.6. The highest BCUT2D eigenvalue weighted by atomic mass is 19.1. The van der Waals surface area contributed by atoms with Crippen LogP contribution in [0.4, 0.5) is 4.39 Å². The van der Waals surface area contributed by atoms with Gasteiger partial charge in [-0.05, 0) is 42.2 Å². The number of Topliss-reactive ketones (excluding diaryl/α,β-unsaturated/α-hetero) is 1. The smallest absolute Gasteiger partial charge is 0.209 e. The molecule has 0 aliphatic carbocycles. The van der Waals surface area contributed by atoms with E-state index in [1.54, 1.807) is 12.3 Å². The molecule has 1 aromatic carbocycles. The monoisotopic (exact) mass is 309 g/mol. The number of hydrogen-bond acceptors (Lipinski definition) is 3. The number of H-pyrrole nitrogens is 1. The minimum absolute atomic E-state index is 0.0452. The van der Waals surface area contributed by atoms with E-state index in [1.807, 2.05) is 25.3 Å². The van der Waals surface area contributed by atoms with E-state index in [4.69, 9.17) is 5.41 Å². The summed E-state index contributed by atoms with van der Waals surface area (Å²) in [5, 5.41) is 9.01. The van der Waals surface area contributed by atoms with Crippen molar-refractivity contribution < 1.29 is 9.18 Å². The van der Waals surface area contributed by atoms with Crippen LogP contribution < -0.4 is 0 Å². The highest BCUT2D eigenvalue weighted by Crippen LogP contribution is 2.27. The van der Waals surface area contributed by atoms with Gasteiger partial charge >= 0.3 is 0 Å². The molecule has 0 aliphatic rings. The van der Waals surface area contributed by atoms with Crippen LogP contribution in [0.15, 0.2) is 48.8 Å². The third-order valence-corrected chi connectivity index (χ3v) is 3.92. The Kier molecular flexibility index (Phi) is 4.02. The molecule has 0 fully saturated rings. The van der Waals surface area contributed by atoms with Crippen LogP contribution in [0.25, 0.3) is 11.0 Å². The van der Waals surface area contributed by atoms with Crippen molar-refractivity contribution in [2.45, 2.75) is 19.3 Å². The van der Waals surface area contributed by atoms with Crippen LogP contribution in [0.5, 0.6) is 0 Å². The van der Waals surface area contributed by atoms with Crippen molar-refractivity contribution in [3.63, 3.8) is 0 Å². The molecule has 3 rings (SSSR count). The van der Waals surface area contributed by atoms with Gasteiger partial charge in [0.25, 0.3) is 0 Å². The maximum atomic E-state index is 13.7. The fraction of sp³-hybridized carbons (Fsp3) is 0.167. The summed E-state index contributed by atoms with van der Waals surface area (Å²) in [7, 11) is 0. The molecule has 1 unspecified atom stereocenters. The van der Waals surface area contributed by atoms with Crippen molar-refractivity contribution in [1.82, 2.24) is 9.97 Å². The van der Waals surface area contributed by atoms with Gasteiger partial charge in [0.15, 0.2) is 0 Å². The van der Waals surface area contributed by atoms with E-state index in [9.17, 15) is 9.18 Å². The Labute approximate surface area is 132 Å². The van der Waals surface area contributed by atoms with Crippen molar-refractivity contribution in [2.24, 2.45) is 0 Å². The highest BCUT2D eigenvalue weighted by molar-refractivity contribution is 6.45. The summed E-state index contributed by atoms with van der Waals surface area (Å²) < 4.78 is 13.7. The number of ketones is 1. The van der Waals surface area contributed by atoms with Gasteiger partial charge in [0, 0.05) is 17.8 Å². The fourth-order valence-electron chi connectivity index (χ4n) is 2.70. The number of pyridine rings is 1.